The average molecular weight is 281 g/mol. The molecule has 0 aliphatic heterocycles. The first-order valence-corrected chi connectivity index (χ1v) is 6.07. The van der Waals surface area contributed by atoms with Gasteiger partial charge in [0.1, 0.15) is 12.1 Å². The van der Waals surface area contributed by atoms with Crippen molar-refractivity contribution in [2.75, 3.05) is 5.32 Å². The summed E-state index contributed by atoms with van der Waals surface area (Å²) >= 11 is 0. The summed E-state index contributed by atoms with van der Waals surface area (Å²) in [6.07, 6.45) is 1.37. The Morgan fingerprint density at radius 2 is 1.90 bits per heavy atom. The molecule has 0 bridgehead atoms. The van der Waals surface area contributed by atoms with Crippen LogP contribution < -0.4 is 10.4 Å². The van der Waals surface area contributed by atoms with Gasteiger partial charge in [-0.1, -0.05) is 23.9 Å². The van der Waals surface area contributed by atoms with Gasteiger partial charge in [0.2, 0.25) is 0 Å². The fraction of sp³-hybridized carbons (Fsp3) is 0. The maximum atomic E-state index is 11.8. The number of nitrogens with zero attached hydrogens (tertiary/aromatic N) is 3. The fourth-order valence-electron chi connectivity index (χ4n) is 1.96. The SMILES string of the molecule is O=[N+]([O-])c1ccc([O-])c(Nc2ncnc3ccccc23)c1. The number of para-hydroxylation sites is 1. The largest absolute Gasteiger partial charge is 0.871 e. The summed E-state index contributed by atoms with van der Waals surface area (Å²) in [4.78, 5) is 18.4. The molecule has 104 valence electrons. The molecule has 7 heteroatoms. The molecule has 7 nitrogen and oxygen atoms in total. The van der Waals surface area contributed by atoms with Gasteiger partial charge in [-0.15, -0.1) is 0 Å². The van der Waals surface area contributed by atoms with E-state index >= 15 is 0 Å². The molecule has 0 unspecified atom stereocenters. The molecule has 0 amide bonds. The van der Waals surface area contributed by atoms with Gasteiger partial charge in [-0.25, -0.2) is 9.97 Å². The first kappa shape index (κ1) is 12.8. The Morgan fingerprint density at radius 1 is 1.10 bits per heavy atom. The van der Waals surface area contributed by atoms with Crippen LogP contribution >= 0.6 is 0 Å². The first-order valence-electron chi connectivity index (χ1n) is 6.07. The zero-order valence-corrected chi connectivity index (χ0v) is 10.7. The van der Waals surface area contributed by atoms with Gasteiger partial charge in [0.25, 0.3) is 5.69 Å². The van der Waals surface area contributed by atoms with Crippen molar-refractivity contribution < 1.29 is 10.0 Å². The number of rotatable bonds is 3. The van der Waals surface area contributed by atoms with Crippen LogP contribution in [-0.2, 0) is 0 Å². The monoisotopic (exact) mass is 281 g/mol. The lowest BCUT2D eigenvalue weighted by molar-refractivity contribution is -0.385. The van der Waals surface area contributed by atoms with Gasteiger partial charge in [-0.2, -0.15) is 0 Å². The lowest BCUT2D eigenvalue weighted by atomic mass is 10.2. The highest BCUT2D eigenvalue weighted by atomic mass is 16.6. The third-order valence-corrected chi connectivity index (χ3v) is 2.97. The highest BCUT2D eigenvalue weighted by Crippen LogP contribution is 2.30. The predicted octanol–water partition coefficient (Wildman–Crippen LogP) is 2.36. The molecule has 0 radical (unpaired) electrons. The summed E-state index contributed by atoms with van der Waals surface area (Å²) in [6.45, 7) is 0. The number of hydrogen-bond acceptors (Lipinski definition) is 6. The second-order valence-electron chi connectivity index (χ2n) is 4.30. The van der Waals surface area contributed by atoms with Crippen LogP contribution in [0.2, 0.25) is 0 Å². The molecule has 0 atom stereocenters. The number of nitro benzene ring substituents is 1. The number of aromatic nitrogens is 2. The van der Waals surface area contributed by atoms with Crippen molar-refractivity contribution in [1.29, 1.82) is 0 Å². The van der Waals surface area contributed by atoms with E-state index in [1.54, 1.807) is 6.07 Å². The smallest absolute Gasteiger partial charge is 0.271 e. The zero-order valence-electron chi connectivity index (χ0n) is 10.7. The van der Waals surface area contributed by atoms with Crippen LogP contribution in [0.5, 0.6) is 5.75 Å². The molecule has 1 heterocycles. The van der Waals surface area contributed by atoms with Crippen LogP contribution in [0.4, 0.5) is 17.2 Å². The number of fused-ring (bicyclic) bond motifs is 1. The number of nitro groups is 1. The molecule has 3 aromatic rings. The second-order valence-corrected chi connectivity index (χ2v) is 4.30. The first-order chi connectivity index (χ1) is 10.1. The highest BCUT2D eigenvalue weighted by Gasteiger charge is 2.09. The van der Waals surface area contributed by atoms with Crippen molar-refractivity contribution in [3.05, 3.63) is 58.9 Å². The van der Waals surface area contributed by atoms with Gasteiger partial charge >= 0.3 is 0 Å². The van der Waals surface area contributed by atoms with Crippen molar-refractivity contribution in [3.8, 4) is 5.75 Å². The Hall–Kier alpha value is -3.22. The lowest BCUT2D eigenvalue weighted by Crippen LogP contribution is -2.01. The summed E-state index contributed by atoms with van der Waals surface area (Å²) in [5.74, 6) is 0.0847. The molecule has 1 N–H and O–H groups in total. The Labute approximate surface area is 119 Å². The van der Waals surface area contributed by atoms with Gasteiger partial charge in [-0.3, -0.25) is 10.1 Å². The molecular formula is C14H9N4O3-. The molecular weight excluding hydrogens is 272 g/mol. The molecule has 1 aromatic heterocycles. The van der Waals surface area contributed by atoms with E-state index < -0.39 is 4.92 Å². The van der Waals surface area contributed by atoms with Crippen LogP contribution in [-0.4, -0.2) is 14.9 Å². The molecule has 0 fully saturated rings. The van der Waals surface area contributed by atoms with E-state index in [4.69, 9.17) is 0 Å². The second kappa shape index (κ2) is 5.04. The average Bonchev–Trinajstić information content (AvgIpc) is 2.49. The van der Waals surface area contributed by atoms with Crippen LogP contribution in [0, 0.1) is 10.1 Å². The van der Waals surface area contributed by atoms with E-state index in [2.05, 4.69) is 15.3 Å². The van der Waals surface area contributed by atoms with E-state index in [0.717, 1.165) is 11.5 Å². The van der Waals surface area contributed by atoms with Crippen LogP contribution in [0.25, 0.3) is 10.9 Å². The standard InChI is InChI=1S/C14H10N4O3/c19-13-6-5-9(18(20)21)7-12(13)17-14-10-3-1-2-4-11(10)15-8-16-14/h1-8,19H,(H,15,16,17)/p-1. The van der Waals surface area contributed by atoms with Crippen molar-refractivity contribution in [2.24, 2.45) is 0 Å². The number of benzene rings is 2. The van der Waals surface area contributed by atoms with E-state index in [1.165, 1.54) is 18.5 Å². The van der Waals surface area contributed by atoms with E-state index in [-0.39, 0.29) is 17.1 Å². The van der Waals surface area contributed by atoms with Crippen LogP contribution in [0.1, 0.15) is 0 Å². The topological polar surface area (TPSA) is 104 Å². The highest BCUT2D eigenvalue weighted by molar-refractivity contribution is 5.91. The minimum absolute atomic E-state index is 0.105. The predicted molar refractivity (Wildman–Crippen MR) is 75.4 cm³/mol. The summed E-state index contributed by atoms with van der Waals surface area (Å²) < 4.78 is 0. The normalized spacial score (nSPS) is 10.5. The Balaban J connectivity index is 2.06. The molecule has 21 heavy (non-hydrogen) atoms. The van der Waals surface area contributed by atoms with E-state index in [0.29, 0.717) is 11.3 Å². The molecule has 0 saturated heterocycles. The molecule has 3 rings (SSSR count). The number of anilines is 2. The molecule has 0 aliphatic carbocycles. The number of nitrogens with one attached hydrogen (secondary N) is 1. The summed E-state index contributed by atoms with van der Waals surface area (Å²) in [6, 6.07) is 10.8. The van der Waals surface area contributed by atoms with Crippen LogP contribution in [0.15, 0.2) is 48.8 Å². The zero-order chi connectivity index (χ0) is 14.8. The molecule has 0 saturated carbocycles. The maximum absolute atomic E-state index is 11.8. The summed E-state index contributed by atoms with van der Waals surface area (Å²) in [7, 11) is 0. The van der Waals surface area contributed by atoms with Gasteiger partial charge in [-0.05, 0) is 12.1 Å². The van der Waals surface area contributed by atoms with Gasteiger partial charge in [0.05, 0.1) is 10.4 Å². The van der Waals surface area contributed by atoms with Gasteiger partial charge < -0.3 is 10.4 Å². The molecule has 0 spiro atoms. The van der Waals surface area contributed by atoms with Gasteiger partial charge in [0.15, 0.2) is 0 Å². The number of non-ortho nitro benzene ring substituents is 1. The number of hydrogen-bond donors (Lipinski definition) is 1. The van der Waals surface area contributed by atoms with E-state index in [1.807, 2.05) is 18.2 Å². The Kier molecular flexibility index (Phi) is 3.07. The van der Waals surface area contributed by atoms with Crippen molar-refractivity contribution in [3.63, 3.8) is 0 Å². The fourth-order valence-corrected chi connectivity index (χ4v) is 1.96. The van der Waals surface area contributed by atoms with Crippen molar-refractivity contribution in [2.45, 2.75) is 0 Å². The third-order valence-electron chi connectivity index (χ3n) is 2.97. The van der Waals surface area contributed by atoms with Gasteiger partial charge in [0, 0.05) is 23.2 Å². The lowest BCUT2D eigenvalue weighted by Gasteiger charge is -2.15. The molecule has 0 aliphatic rings. The maximum Gasteiger partial charge on any atom is 0.271 e. The Bertz CT molecular complexity index is 830. The summed E-state index contributed by atoms with van der Waals surface area (Å²) in [5.41, 5.74) is 0.663. The molecule has 2 aromatic carbocycles. The minimum Gasteiger partial charge on any atom is -0.871 e. The Morgan fingerprint density at radius 3 is 2.71 bits per heavy atom. The third kappa shape index (κ3) is 2.44. The van der Waals surface area contributed by atoms with Crippen molar-refractivity contribution in [1.82, 2.24) is 9.97 Å². The summed E-state index contributed by atoms with van der Waals surface area (Å²) in [5, 5.41) is 26.2. The van der Waals surface area contributed by atoms with Crippen molar-refractivity contribution >= 4 is 28.1 Å². The van der Waals surface area contributed by atoms with E-state index in [9.17, 15) is 15.2 Å². The van der Waals surface area contributed by atoms with Crippen LogP contribution in [0.3, 0.4) is 0 Å². The minimum atomic E-state index is -0.553. The quantitative estimate of drug-likeness (QED) is 0.583.